The predicted octanol–water partition coefficient (Wildman–Crippen LogP) is 13.5. The van der Waals surface area contributed by atoms with E-state index in [9.17, 15) is 0 Å². The van der Waals surface area contributed by atoms with E-state index in [1.54, 1.807) is 0 Å². The summed E-state index contributed by atoms with van der Waals surface area (Å²) in [5.74, 6) is 1.75. The first-order valence-electron chi connectivity index (χ1n) is 20.3. The summed E-state index contributed by atoms with van der Waals surface area (Å²) in [5, 5.41) is 4.71. The molecule has 0 unspecified atom stereocenters. The van der Waals surface area contributed by atoms with Crippen molar-refractivity contribution in [2.75, 3.05) is 0 Å². The number of hydrogen-bond acceptors (Lipinski definition) is 3. The zero-order chi connectivity index (χ0) is 39.7. The standard InChI is InChI=1S/C54H36N6/c1-34-30-49-46(33-45(34)36-24-27-55-28-25-36)42-23-22-38(31-50(42)60(49)51-32-37(26-29-56-51)35-12-4-2-5-13-35)40-17-11-21-48-53(40)58-54(59(48)39-14-6-3-7-15-39)44-19-10-18-43-41-16-8-9-20-47(41)57-52(43)44/h2-33,57H,1H3. The number of hydrogen-bond donors (Lipinski definition) is 1. The van der Waals surface area contributed by atoms with Gasteiger partial charge in [-0.1, -0.05) is 103 Å². The first-order valence-corrected chi connectivity index (χ1v) is 20.3. The highest BCUT2D eigenvalue weighted by Crippen LogP contribution is 2.42. The predicted molar refractivity (Wildman–Crippen MR) is 247 cm³/mol. The van der Waals surface area contributed by atoms with Gasteiger partial charge < -0.3 is 4.98 Å². The molecule has 0 bridgehead atoms. The number of aromatic amines is 1. The second-order valence-electron chi connectivity index (χ2n) is 15.4. The van der Waals surface area contributed by atoms with Crippen molar-refractivity contribution in [2.24, 2.45) is 0 Å². The van der Waals surface area contributed by atoms with Gasteiger partial charge in [0.05, 0.1) is 27.6 Å². The van der Waals surface area contributed by atoms with Crippen molar-refractivity contribution in [2.45, 2.75) is 6.92 Å². The fraction of sp³-hybridized carbons (Fsp3) is 0.0185. The van der Waals surface area contributed by atoms with Crippen LogP contribution in [0.4, 0.5) is 0 Å². The highest BCUT2D eigenvalue weighted by Gasteiger charge is 2.22. The largest absolute Gasteiger partial charge is 0.354 e. The first-order chi connectivity index (χ1) is 29.7. The molecule has 1 N–H and O–H groups in total. The zero-order valence-corrected chi connectivity index (χ0v) is 32.7. The van der Waals surface area contributed by atoms with E-state index in [0.717, 1.165) is 89.2 Å². The fourth-order valence-corrected chi connectivity index (χ4v) is 9.19. The van der Waals surface area contributed by atoms with Crippen LogP contribution in [0.5, 0.6) is 0 Å². The van der Waals surface area contributed by atoms with Crippen LogP contribution in [0, 0.1) is 6.92 Å². The molecule has 0 aliphatic heterocycles. The summed E-state index contributed by atoms with van der Waals surface area (Å²) in [5.41, 5.74) is 16.4. The molecule has 282 valence electrons. The average molecular weight is 769 g/mol. The van der Waals surface area contributed by atoms with E-state index < -0.39 is 0 Å². The van der Waals surface area contributed by atoms with Crippen LogP contribution in [0.15, 0.2) is 195 Å². The minimum atomic E-state index is 0.866. The zero-order valence-electron chi connectivity index (χ0n) is 32.7. The molecule has 5 heterocycles. The number of H-pyrrole nitrogens is 1. The van der Waals surface area contributed by atoms with Crippen molar-refractivity contribution in [3.63, 3.8) is 0 Å². The summed E-state index contributed by atoms with van der Waals surface area (Å²) in [7, 11) is 0. The Morgan fingerprint density at radius 3 is 2.05 bits per heavy atom. The number of aryl methyl sites for hydroxylation is 1. The van der Waals surface area contributed by atoms with Gasteiger partial charge in [-0.05, 0) is 113 Å². The quantitative estimate of drug-likeness (QED) is 0.183. The van der Waals surface area contributed by atoms with E-state index in [4.69, 9.17) is 9.97 Å². The van der Waals surface area contributed by atoms with Crippen LogP contribution in [0.25, 0.3) is 111 Å². The molecule has 0 atom stereocenters. The number of imidazole rings is 1. The lowest BCUT2D eigenvalue weighted by Crippen LogP contribution is -1.98. The molecular formula is C54H36N6. The number of aromatic nitrogens is 6. The highest BCUT2D eigenvalue weighted by molar-refractivity contribution is 6.14. The summed E-state index contributed by atoms with van der Waals surface area (Å²) < 4.78 is 4.63. The normalized spacial score (nSPS) is 11.8. The molecule has 12 aromatic rings. The first kappa shape index (κ1) is 34.0. The van der Waals surface area contributed by atoms with Crippen LogP contribution in [0.2, 0.25) is 0 Å². The maximum Gasteiger partial charge on any atom is 0.147 e. The molecule has 0 spiro atoms. The average Bonchev–Trinajstić information content (AvgIpc) is 3.99. The van der Waals surface area contributed by atoms with Gasteiger partial charge in [0.25, 0.3) is 0 Å². The lowest BCUT2D eigenvalue weighted by Gasteiger charge is -2.12. The van der Waals surface area contributed by atoms with Gasteiger partial charge in [0, 0.05) is 62.5 Å². The summed E-state index contributed by atoms with van der Waals surface area (Å²) >= 11 is 0. The van der Waals surface area contributed by atoms with E-state index in [1.165, 1.54) is 27.3 Å². The Kier molecular flexibility index (Phi) is 7.65. The summed E-state index contributed by atoms with van der Waals surface area (Å²) in [4.78, 5) is 18.6. The number of nitrogens with one attached hydrogen (secondary N) is 1. The van der Waals surface area contributed by atoms with Crippen LogP contribution >= 0.6 is 0 Å². The molecule has 0 fully saturated rings. The fourth-order valence-electron chi connectivity index (χ4n) is 9.19. The molecule has 0 amide bonds. The molecule has 6 heteroatoms. The van der Waals surface area contributed by atoms with Crippen molar-refractivity contribution in [3.05, 3.63) is 200 Å². The van der Waals surface area contributed by atoms with Gasteiger partial charge in [-0.2, -0.15) is 0 Å². The Hall–Kier alpha value is -8.09. The third-order valence-corrected chi connectivity index (χ3v) is 12.0. The molecule has 0 saturated carbocycles. The monoisotopic (exact) mass is 768 g/mol. The molecular weight excluding hydrogens is 733 g/mol. The Bertz CT molecular complexity index is 3600. The van der Waals surface area contributed by atoms with E-state index >= 15 is 0 Å². The Morgan fingerprint density at radius 1 is 0.450 bits per heavy atom. The topological polar surface area (TPSA) is 64.3 Å². The molecule has 60 heavy (non-hydrogen) atoms. The Labute approximate surface area is 345 Å². The third-order valence-electron chi connectivity index (χ3n) is 12.0. The number of fused-ring (bicyclic) bond motifs is 7. The molecule has 5 aromatic heterocycles. The lowest BCUT2D eigenvalue weighted by molar-refractivity contribution is 1.08. The van der Waals surface area contributed by atoms with E-state index in [2.05, 4.69) is 202 Å². The van der Waals surface area contributed by atoms with Gasteiger partial charge in [-0.25, -0.2) is 9.97 Å². The molecule has 12 rings (SSSR count). The van der Waals surface area contributed by atoms with Crippen molar-refractivity contribution in [1.29, 1.82) is 0 Å². The van der Waals surface area contributed by atoms with Gasteiger partial charge in [-0.15, -0.1) is 0 Å². The Morgan fingerprint density at radius 2 is 1.18 bits per heavy atom. The van der Waals surface area contributed by atoms with Gasteiger partial charge in [-0.3, -0.25) is 14.1 Å². The molecule has 0 aliphatic carbocycles. The smallest absolute Gasteiger partial charge is 0.147 e. The highest BCUT2D eigenvalue weighted by atomic mass is 15.1. The molecule has 6 nitrogen and oxygen atoms in total. The van der Waals surface area contributed by atoms with Crippen molar-refractivity contribution >= 4 is 54.6 Å². The van der Waals surface area contributed by atoms with Gasteiger partial charge in [0.1, 0.15) is 11.6 Å². The van der Waals surface area contributed by atoms with Crippen molar-refractivity contribution in [1.82, 2.24) is 29.1 Å². The maximum atomic E-state index is 5.58. The van der Waals surface area contributed by atoms with E-state index in [1.807, 2.05) is 18.6 Å². The third kappa shape index (κ3) is 5.31. The second kappa shape index (κ2) is 13.5. The Balaban J connectivity index is 1.12. The van der Waals surface area contributed by atoms with E-state index in [0.29, 0.717) is 0 Å². The van der Waals surface area contributed by atoms with E-state index in [-0.39, 0.29) is 0 Å². The number of para-hydroxylation sites is 4. The molecule has 7 aromatic carbocycles. The number of pyridine rings is 2. The summed E-state index contributed by atoms with van der Waals surface area (Å²) in [6.07, 6.45) is 5.64. The minimum absolute atomic E-state index is 0.866. The number of rotatable bonds is 6. The second-order valence-corrected chi connectivity index (χ2v) is 15.4. The number of benzene rings is 7. The van der Waals surface area contributed by atoms with Crippen LogP contribution in [0.1, 0.15) is 5.56 Å². The van der Waals surface area contributed by atoms with Crippen LogP contribution in [0.3, 0.4) is 0 Å². The van der Waals surface area contributed by atoms with Crippen molar-refractivity contribution < 1.29 is 0 Å². The summed E-state index contributed by atoms with van der Waals surface area (Å²) in [6, 6.07) is 62.6. The van der Waals surface area contributed by atoms with Gasteiger partial charge >= 0.3 is 0 Å². The molecule has 0 aliphatic rings. The lowest BCUT2D eigenvalue weighted by atomic mass is 9.98. The van der Waals surface area contributed by atoms with Gasteiger partial charge in [0.15, 0.2) is 0 Å². The SMILES string of the molecule is Cc1cc2c(cc1-c1ccncc1)c1ccc(-c3cccc4c3nc(-c3cccc5c3[nH]c3ccccc35)n4-c3ccccc3)cc1n2-c1cc(-c2ccccc2)ccn1. The number of nitrogens with zero attached hydrogens (tertiary/aromatic N) is 5. The van der Waals surface area contributed by atoms with Crippen LogP contribution in [-0.2, 0) is 0 Å². The van der Waals surface area contributed by atoms with Gasteiger partial charge in [0.2, 0.25) is 0 Å². The maximum absolute atomic E-state index is 5.58. The molecule has 0 radical (unpaired) electrons. The molecule has 0 saturated heterocycles. The van der Waals surface area contributed by atoms with Crippen LogP contribution in [-0.4, -0.2) is 29.1 Å². The van der Waals surface area contributed by atoms with Crippen molar-refractivity contribution in [3.8, 4) is 56.3 Å². The minimum Gasteiger partial charge on any atom is -0.354 e. The summed E-state index contributed by atoms with van der Waals surface area (Å²) in [6.45, 7) is 2.19. The van der Waals surface area contributed by atoms with Crippen LogP contribution < -0.4 is 0 Å².